The van der Waals surface area contributed by atoms with Crippen molar-refractivity contribution < 1.29 is 5.11 Å². The maximum Gasteiger partial charge on any atom is 0.147 e. The second-order valence-electron chi connectivity index (χ2n) is 4.10. The molecule has 0 bridgehead atoms. The van der Waals surface area contributed by atoms with Gasteiger partial charge in [-0.05, 0) is 20.1 Å². The van der Waals surface area contributed by atoms with Crippen LogP contribution in [0, 0.1) is 0 Å². The maximum absolute atomic E-state index is 10.0. The summed E-state index contributed by atoms with van der Waals surface area (Å²) >= 11 is 1.62. The van der Waals surface area contributed by atoms with Gasteiger partial charge in [0.1, 0.15) is 11.6 Å². The molecule has 1 aromatic heterocycles. The first-order valence-electron chi connectivity index (χ1n) is 5.58. The number of hydrogen-bond donors (Lipinski definition) is 3. The zero-order chi connectivity index (χ0) is 12.7. The molecule has 1 rings (SSSR count). The first kappa shape index (κ1) is 14.1. The third-order valence-electron chi connectivity index (χ3n) is 2.10. The van der Waals surface area contributed by atoms with E-state index in [-0.39, 0.29) is 0 Å². The van der Waals surface area contributed by atoms with Crippen LogP contribution in [-0.2, 0) is 0 Å². The van der Waals surface area contributed by atoms with E-state index in [1.807, 2.05) is 13.2 Å². The van der Waals surface area contributed by atoms with Crippen LogP contribution in [0.3, 0.4) is 0 Å². The summed E-state index contributed by atoms with van der Waals surface area (Å²) < 4.78 is 0. The Kier molecular flexibility index (Phi) is 5.50. The third-order valence-corrected chi connectivity index (χ3v) is 3.01. The molecule has 17 heavy (non-hydrogen) atoms. The lowest BCUT2D eigenvalue weighted by atomic mass is 10.1. The van der Waals surface area contributed by atoms with Crippen molar-refractivity contribution in [3.8, 4) is 0 Å². The molecule has 0 aliphatic carbocycles. The summed E-state index contributed by atoms with van der Waals surface area (Å²) in [5.41, 5.74) is -0.741. The Morgan fingerprint density at radius 1 is 1.35 bits per heavy atom. The number of aliphatic hydroxyl groups is 1. The Balaban J connectivity index is 2.53. The van der Waals surface area contributed by atoms with Gasteiger partial charge in [-0.15, -0.1) is 0 Å². The summed E-state index contributed by atoms with van der Waals surface area (Å²) in [7, 11) is 0. The molecule has 0 aliphatic rings. The van der Waals surface area contributed by atoms with Gasteiger partial charge in [0.2, 0.25) is 0 Å². The summed E-state index contributed by atoms with van der Waals surface area (Å²) in [6.45, 7) is 5.07. The molecule has 0 amide bonds. The van der Waals surface area contributed by atoms with Crippen LogP contribution < -0.4 is 10.6 Å². The number of nitrogens with zero attached hydrogens (tertiary/aromatic N) is 2. The lowest BCUT2D eigenvalue weighted by molar-refractivity contribution is 0.0996. The van der Waals surface area contributed by atoms with E-state index in [1.54, 1.807) is 31.1 Å². The van der Waals surface area contributed by atoms with Gasteiger partial charge in [0.05, 0.1) is 18.0 Å². The van der Waals surface area contributed by atoms with Crippen LogP contribution in [0.25, 0.3) is 0 Å². The minimum absolute atomic E-state index is 0.456. The minimum Gasteiger partial charge on any atom is -0.387 e. The van der Waals surface area contributed by atoms with Crippen molar-refractivity contribution in [3.05, 3.63) is 12.4 Å². The topological polar surface area (TPSA) is 70.1 Å². The van der Waals surface area contributed by atoms with E-state index in [9.17, 15) is 5.11 Å². The van der Waals surface area contributed by atoms with Crippen molar-refractivity contribution in [1.29, 1.82) is 0 Å². The molecular formula is C11H20N4OS. The summed E-state index contributed by atoms with van der Waals surface area (Å²) in [6, 6.07) is 0. The second kappa shape index (κ2) is 6.66. The fourth-order valence-electron chi connectivity index (χ4n) is 1.36. The zero-order valence-electron chi connectivity index (χ0n) is 10.5. The van der Waals surface area contributed by atoms with Crippen LogP contribution in [0.5, 0.6) is 0 Å². The van der Waals surface area contributed by atoms with E-state index in [4.69, 9.17) is 0 Å². The Bertz CT molecular complexity index is 346. The predicted molar refractivity (Wildman–Crippen MR) is 73.7 cm³/mol. The average molecular weight is 256 g/mol. The van der Waals surface area contributed by atoms with Gasteiger partial charge in [-0.3, -0.25) is 4.98 Å². The average Bonchev–Trinajstić information content (AvgIpc) is 2.28. The quantitative estimate of drug-likeness (QED) is 0.685. The van der Waals surface area contributed by atoms with Gasteiger partial charge in [-0.2, -0.15) is 11.8 Å². The highest BCUT2D eigenvalue weighted by Gasteiger charge is 2.19. The highest BCUT2D eigenvalue weighted by Crippen LogP contribution is 2.12. The molecule has 96 valence electrons. The molecule has 5 nitrogen and oxygen atoms in total. The molecule has 0 fully saturated rings. The Morgan fingerprint density at radius 2 is 2.00 bits per heavy atom. The molecule has 6 heteroatoms. The van der Waals surface area contributed by atoms with Gasteiger partial charge < -0.3 is 15.7 Å². The van der Waals surface area contributed by atoms with Gasteiger partial charge in [0, 0.05) is 18.8 Å². The molecule has 3 N–H and O–H groups in total. The normalized spacial score (nSPS) is 14.1. The van der Waals surface area contributed by atoms with E-state index in [1.165, 1.54) is 0 Å². The van der Waals surface area contributed by atoms with E-state index < -0.39 is 5.60 Å². The third kappa shape index (κ3) is 5.23. The summed E-state index contributed by atoms with van der Waals surface area (Å²) in [5, 5.41) is 16.2. The van der Waals surface area contributed by atoms with Gasteiger partial charge in [0.25, 0.3) is 0 Å². The van der Waals surface area contributed by atoms with Crippen molar-refractivity contribution in [3.63, 3.8) is 0 Å². The molecule has 0 aliphatic heterocycles. The van der Waals surface area contributed by atoms with Gasteiger partial charge in [-0.1, -0.05) is 0 Å². The Labute approximate surface area is 106 Å². The maximum atomic E-state index is 10.0. The summed E-state index contributed by atoms with van der Waals surface area (Å²) in [4.78, 5) is 8.40. The molecule has 0 aromatic carbocycles. The molecular weight excluding hydrogens is 236 g/mol. The van der Waals surface area contributed by atoms with Crippen LogP contribution in [0.15, 0.2) is 12.4 Å². The van der Waals surface area contributed by atoms with Crippen molar-refractivity contribution in [1.82, 2.24) is 9.97 Å². The van der Waals surface area contributed by atoms with E-state index >= 15 is 0 Å². The number of anilines is 2. The molecule has 0 spiro atoms. The summed E-state index contributed by atoms with van der Waals surface area (Å²) in [5.74, 6) is 2.09. The van der Waals surface area contributed by atoms with Gasteiger partial charge >= 0.3 is 0 Å². The molecule has 1 unspecified atom stereocenters. The second-order valence-corrected chi connectivity index (χ2v) is 4.97. The first-order chi connectivity index (χ1) is 8.07. The van der Waals surface area contributed by atoms with Crippen LogP contribution in [0.2, 0.25) is 0 Å². The van der Waals surface area contributed by atoms with E-state index in [0.717, 1.165) is 12.4 Å². The minimum atomic E-state index is -0.741. The van der Waals surface area contributed by atoms with E-state index in [0.29, 0.717) is 18.1 Å². The van der Waals surface area contributed by atoms with Crippen LogP contribution >= 0.6 is 11.8 Å². The first-order valence-corrected chi connectivity index (χ1v) is 6.98. The highest BCUT2D eigenvalue weighted by molar-refractivity contribution is 7.98. The van der Waals surface area contributed by atoms with Gasteiger partial charge in [-0.25, -0.2) is 4.98 Å². The Morgan fingerprint density at radius 3 is 2.59 bits per heavy atom. The van der Waals surface area contributed by atoms with Crippen molar-refractivity contribution in [2.75, 3.05) is 35.7 Å². The smallest absolute Gasteiger partial charge is 0.147 e. The molecule has 0 radical (unpaired) electrons. The summed E-state index contributed by atoms with van der Waals surface area (Å²) in [6.07, 6.45) is 5.30. The van der Waals surface area contributed by atoms with Crippen molar-refractivity contribution in [2.24, 2.45) is 0 Å². The number of hydrogen-bond acceptors (Lipinski definition) is 6. The van der Waals surface area contributed by atoms with Crippen molar-refractivity contribution >= 4 is 23.4 Å². The number of nitrogens with one attached hydrogen (secondary N) is 2. The standard InChI is InChI=1S/C11H20N4OS/c1-4-13-9-5-12-6-10(15-9)14-7-11(2,16)8-17-3/h5-6,16H,4,7-8H2,1-3H3,(H2,13,14,15). The lowest BCUT2D eigenvalue weighted by Crippen LogP contribution is -2.36. The lowest BCUT2D eigenvalue weighted by Gasteiger charge is -2.22. The van der Waals surface area contributed by atoms with E-state index in [2.05, 4.69) is 20.6 Å². The number of aromatic nitrogens is 2. The molecule has 1 aromatic rings. The van der Waals surface area contributed by atoms with Crippen LogP contribution in [-0.4, -0.2) is 45.8 Å². The van der Waals surface area contributed by atoms with Gasteiger partial charge in [0.15, 0.2) is 0 Å². The van der Waals surface area contributed by atoms with Crippen molar-refractivity contribution in [2.45, 2.75) is 19.4 Å². The van der Waals surface area contributed by atoms with Crippen LogP contribution in [0.1, 0.15) is 13.8 Å². The van der Waals surface area contributed by atoms with Crippen LogP contribution in [0.4, 0.5) is 11.6 Å². The monoisotopic (exact) mass is 256 g/mol. The fraction of sp³-hybridized carbons (Fsp3) is 0.636. The molecule has 1 heterocycles. The number of rotatable bonds is 7. The highest BCUT2D eigenvalue weighted by atomic mass is 32.2. The SMILES string of the molecule is CCNc1cncc(NCC(C)(O)CSC)n1. The number of thioether (sulfide) groups is 1. The Hall–Kier alpha value is -1.01. The molecule has 0 saturated heterocycles. The largest absolute Gasteiger partial charge is 0.387 e. The fourth-order valence-corrected chi connectivity index (χ4v) is 2.08. The predicted octanol–water partition coefficient (Wildman–Crippen LogP) is 1.43. The molecule has 0 saturated carbocycles. The zero-order valence-corrected chi connectivity index (χ0v) is 11.3. The molecule has 1 atom stereocenters.